The number of hydrogen-bond donors (Lipinski definition) is 1. The Bertz CT molecular complexity index is 298. The largest absolute Gasteiger partial charge is 0.477 e. The lowest BCUT2D eigenvalue weighted by Crippen LogP contribution is -1.99. The number of aromatic nitrogens is 1. The standard InChI is InChI=1S/C7H6ClNO2/c1-4-2-6(7(10)11)9-3-5(4)8/h2-3H,1H3,(H,10,11). The molecule has 0 aromatic carbocycles. The molecule has 58 valence electrons. The van der Waals surface area contributed by atoms with E-state index in [-0.39, 0.29) is 5.69 Å². The molecule has 0 bridgehead atoms. The molecule has 0 aliphatic heterocycles. The minimum Gasteiger partial charge on any atom is -0.477 e. The normalized spacial score (nSPS) is 9.64. The maximum atomic E-state index is 10.4. The summed E-state index contributed by atoms with van der Waals surface area (Å²) in [6.45, 7) is 1.73. The van der Waals surface area contributed by atoms with Gasteiger partial charge in [-0.25, -0.2) is 9.78 Å². The third kappa shape index (κ3) is 1.68. The van der Waals surface area contributed by atoms with Crippen molar-refractivity contribution in [3.05, 3.63) is 28.5 Å². The van der Waals surface area contributed by atoms with Crippen LogP contribution in [0.25, 0.3) is 0 Å². The Balaban J connectivity index is 3.15. The van der Waals surface area contributed by atoms with Gasteiger partial charge in [0.15, 0.2) is 0 Å². The van der Waals surface area contributed by atoms with Gasteiger partial charge in [-0.05, 0) is 18.6 Å². The average Bonchev–Trinajstić information content (AvgIpc) is 1.94. The van der Waals surface area contributed by atoms with E-state index >= 15 is 0 Å². The Morgan fingerprint density at radius 2 is 2.36 bits per heavy atom. The van der Waals surface area contributed by atoms with Crippen LogP contribution >= 0.6 is 11.6 Å². The lowest BCUT2D eigenvalue weighted by Gasteiger charge is -1.96. The number of halogens is 1. The summed E-state index contributed by atoms with van der Waals surface area (Å²) in [4.78, 5) is 14.0. The fourth-order valence-electron chi connectivity index (χ4n) is 0.656. The van der Waals surface area contributed by atoms with Crippen LogP contribution in [-0.2, 0) is 0 Å². The Kier molecular flexibility index (Phi) is 2.10. The zero-order valence-electron chi connectivity index (χ0n) is 5.84. The van der Waals surface area contributed by atoms with E-state index in [4.69, 9.17) is 16.7 Å². The quantitative estimate of drug-likeness (QED) is 0.700. The lowest BCUT2D eigenvalue weighted by molar-refractivity contribution is 0.0690. The van der Waals surface area contributed by atoms with Gasteiger partial charge >= 0.3 is 5.97 Å². The first-order valence-electron chi connectivity index (χ1n) is 2.96. The van der Waals surface area contributed by atoms with Gasteiger partial charge in [-0.15, -0.1) is 0 Å². The summed E-state index contributed by atoms with van der Waals surface area (Å²) in [6.07, 6.45) is 1.33. The van der Waals surface area contributed by atoms with Gasteiger partial charge in [-0.1, -0.05) is 11.6 Å². The van der Waals surface area contributed by atoms with Crippen molar-refractivity contribution in [2.75, 3.05) is 0 Å². The Morgan fingerprint density at radius 3 is 2.82 bits per heavy atom. The summed E-state index contributed by atoms with van der Waals surface area (Å²) in [5.41, 5.74) is 0.742. The van der Waals surface area contributed by atoms with Crippen LogP contribution < -0.4 is 0 Å². The molecule has 0 atom stereocenters. The van der Waals surface area contributed by atoms with Crippen LogP contribution in [0.4, 0.5) is 0 Å². The van der Waals surface area contributed by atoms with E-state index < -0.39 is 5.97 Å². The molecule has 0 saturated heterocycles. The molecular weight excluding hydrogens is 166 g/mol. The van der Waals surface area contributed by atoms with Gasteiger partial charge in [-0.3, -0.25) is 0 Å². The average molecular weight is 172 g/mol. The number of aryl methyl sites for hydroxylation is 1. The first-order chi connectivity index (χ1) is 5.11. The third-order valence-corrected chi connectivity index (χ3v) is 1.66. The molecule has 0 aliphatic carbocycles. The van der Waals surface area contributed by atoms with Crippen LogP contribution in [0.3, 0.4) is 0 Å². The Morgan fingerprint density at radius 1 is 1.73 bits per heavy atom. The van der Waals surface area contributed by atoms with Crippen LogP contribution in [0.2, 0.25) is 5.02 Å². The molecule has 1 aromatic heterocycles. The lowest BCUT2D eigenvalue weighted by atomic mass is 10.2. The van der Waals surface area contributed by atoms with Crippen LogP contribution in [0.15, 0.2) is 12.3 Å². The van der Waals surface area contributed by atoms with Crippen LogP contribution in [0.1, 0.15) is 16.1 Å². The van der Waals surface area contributed by atoms with Crippen molar-refractivity contribution in [1.29, 1.82) is 0 Å². The second-order valence-electron chi connectivity index (χ2n) is 2.12. The van der Waals surface area contributed by atoms with E-state index in [0.717, 1.165) is 5.56 Å². The predicted octanol–water partition coefficient (Wildman–Crippen LogP) is 1.74. The maximum Gasteiger partial charge on any atom is 0.354 e. The molecule has 0 radical (unpaired) electrons. The SMILES string of the molecule is Cc1cc(C(=O)O)ncc1Cl. The summed E-state index contributed by atoms with van der Waals surface area (Å²) in [5.74, 6) is -1.04. The second kappa shape index (κ2) is 2.88. The molecule has 0 saturated carbocycles. The van der Waals surface area contributed by atoms with E-state index in [1.807, 2.05) is 0 Å². The van der Waals surface area contributed by atoms with E-state index in [2.05, 4.69) is 4.98 Å². The summed E-state index contributed by atoms with van der Waals surface area (Å²) in [7, 11) is 0. The minimum absolute atomic E-state index is 0.0203. The van der Waals surface area contributed by atoms with Crippen molar-refractivity contribution >= 4 is 17.6 Å². The molecule has 4 heteroatoms. The van der Waals surface area contributed by atoms with Gasteiger partial charge in [0, 0.05) is 6.20 Å². The second-order valence-corrected chi connectivity index (χ2v) is 2.53. The number of carboxylic acids is 1. The molecule has 0 amide bonds. The smallest absolute Gasteiger partial charge is 0.354 e. The maximum absolute atomic E-state index is 10.4. The van der Waals surface area contributed by atoms with Gasteiger partial charge in [0.25, 0.3) is 0 Å². The van der Waals surface area contributed by atoms with Crippen LogP contribution in [0.5, 0.6) is 0 Å². The van der Waals surface area contributed by atoms with Crippen molar-refractivity contribution in [3.63, 3.8) is 0 Å². The van der Waals surface area contributed by atoms with Gasteiger partial charge in [-0.2, -0.15) is 0 Å². The Hall–Kier alpha value is -1.09. The highest BCUT2D eigenvalue weighted by molar-refractivity contribution is 6.31. The molecule has 0 unspecified atom stereocenters. The highest BCUT2D eigenvalue weighted by Gasteiger charge is 2.05. The fraction of sp³-hybridized carbons (Fsp3) is 0.143. The number of hydrogen-bond acceptors (Lipinski definition) is 2. The van der Waals surface area contributed by atoms with Crippen molar-refractivity contribution in [1.82, 2.24) is 4.98 Å². The molecule has 1 rings (SSSR count). The molecule has 1 heterocycles. The Labute approximate surface area is 68.6 Å². The molecule has 1 aromatic rings. The summed E-state index contributed by atoms with van der Waals surface area (Å²) in [5, 5.41) is 8.98. The van der Waals surface area contributed by atoms with Gasteiger partial charge < -0.3 is 5.11 Å². The number of rotatable bonds is 1. The summed E-state index contributed by atoms with van der Waals surface area (Å²) >= 11 is 5.63. The number of aromatic carboxylic acids is 1. The van der Waals surface area contributed by atoms with Gasteiger partial charge in [0.2, 0.25) is 0 Å². The van der Waals surface area contributed by atoms with Crippen molar-refractivity contribution in [2.24, 2.45) is 0 Å². The number of nitrogens with zero attached hydrogens (tertiary/aromatic N) is 1. The van der Waals surface area contributed by atoms with Crippen molar-refractivity contribution < 1.29 is 9.90 Å². The van der Waals surface area contributed by atoms with E-state index in [0.29, 0.717) is 5.02 Å². The van der Waals surface area contributed by atoms with Crippen LogP contribution in [0, 0.1) is 6.92 Å². The first kappa shape index (κ1) is 8.01. The number of pyridine rings is 1. The molecule has 0 fully saturated rings. The zero-order valence-corrected chi connectivity index (χ0v) is 6.59. The highest BCUT2D eigenvalue weighted by Crippen LogP contribution is 2.13. The van der Waals surface area contributed by atoms with Crippen molar-refractivity contribution in [2.45, 2.75) is 6.92 Å². The molecule has 3 nitrogen and oxygen atoms in total. The summed E-state index contributed by atoms with van der Waals surface area (Å²) in [6, 6.07) is 1.44. The third-order valence-electron chi connectivity index (χ3n) is 1.27. The van der Waals surface area contributed by atoms with Crippen LogP contribution in [-0.4, -0.2) is 16.1 Å². The number of carboxylic acid groups (broad SMARTS) is 1. The fourth-order valence-corrected chi connectivity index (χ4v) is 0.760. The van der Waals surface area contributed by atoms with E-state index in [1.165, 1.54) is 12.3 Å². The molecule has 0 spiro atoms. The predicted molar refractivity (Wildman–Crippen MR) is 40.9 cm³/mol. The van der Waals surface area contributed by atoms with E-state index in [9.17, 15) is 4.79 Å². The van der Waals surface area contributed by atoms with E-state index in [1.54, 1.807) is 6.92 Å². The zero-order chi connectivity index (χ0) is 8.43. The van der Waals surface area contributed by atoms with Crippen molar-refractivity contribution in [3.8, 4) is 0 Å². The number of carbonyl (C=O) groups is 1. The van der Waals surface area contributed by atoms with Gasteiger partial charge in [0.1, 0.15) is 5.69 Å². The topological polar surface area (TPSA) is 50.2 Å². The summed E-state index contributed by atoms with van der Waals surface area (Å²) < 4.78 is 0. The molecular formula is C7H6ClNO2. The molecule has 11 heavy (non-hydrogen) atoms. The minimum atomic E-state index is -1.04. The molecule has 1 N–H and O–H groups in total. The monoisotopic (exact) mass is 171 g/mol. The molecule has 0 aliphatic rings. The van der Waals surface area contributed by atoms with Gasteiger partial charge in [0.05, 0.1) is 5.02 Å². The first-order valence-corrected chi connectivity index (χ1v) is 3.34. The highest BCUT2D eigenvalue weighted by atomic mass is 35.5.